The molecule has 0 N–H and O–H groups in total. The number of amides is 1. The van der Waals surface area contributed by atoms with Crippen LogP contribution in [0.4, 0.5) is 5.69 Å². The number of halogens is 1. The van der Waals surface area contributed by atoms with Crippen molar-refractivity contribution >= 4 is 28.9 Å². The SMILES string of the molecule is CC1=NN(c2cccc(Cl)c2C)C(=O)C1. The van der Waals surface area contributed by atoms with Gasteiger partial charge in [-0.2, -0.15) is 5.10 Å². The molecule has 0 radical (unpaired) electrons. The van der Waals surface area contributed by atoms with Crippen molar-refractivity contribution in [2.75, 3.05) is 5.01 Å². The first-order valence-corrected chi connectivity index (χ1v) is 5.09. The Labute approximate surface area is 93.3 Å². The Hall–Kier alpha value is -1.35. The zero-order valence-electron chi connectivity index (χ0n) is 8.62. The Morgan fingerprint density at radius 3 is 2.73 bits per heavy atom. The third kappa shape index (κ3) is 1.75. The summed E-state index contributed by atoms with van der Waals surface area (Å²) in [5, 5.41) is 6.26. The number of carbonyl (C=O) groups excluding carboxylic acids is 1. The molecule has 1 aromatic carbocycles. The van der Waals surface area contributed by atoms with Gasteiger partial charge < -0.3 is 0 Å². The summed E-state index contributed by atoms with van der Waals surface area (Å²) in [6, 6.07) is 5.47. The van der Waals surface area contributed by atoms with Crippen molar-refractivity contribution in [3.8, 4) is 0 Å². The quantitative estimate of drug-likeness (QED) is 0.719. The van der Waals surface area contributed by atoms with Gasteiger partial charge >= 0.3 is 0 Å². The highest BCUT2D eigenvalue weighted by molar-refractivity contribution is 6.31. The van der Waals surface area contributed by atoms with Gasteiger partial charge in [-0.1, -0.05) is 17.7 Å². The third-order valence-corrected chi connectivity index (χ3v) is 2.79. The monoisotopic (exact) mass is 222 g/mol. The van der Waals surface area contributed by atoms with Crippen LogP contribution in [0.25, 0.3) is 0 Å². The second-order valence-corrected chi connectivity index (χ2v) is 4.01. The molecule has 15 heavy (non-hydrogen) atoms. The minimum atomic E-state index is -0.00198. The summed E-state index contributed by atoms with van der Waals surface area (Å²) in [7, 11) is 0. The van der Waals surface area contributed by atoms with Crippen LogP contribution in [-0.4, -0.2) is 11.6 Å². The molecule has 0 aromatic heterocycles. The molecule has 0 unspecified atom stereocenters. The maximum Gasteiger partial charge on any atom is 0.253 e. The van der Waals surface area contributed by atoms with Crippen LogP contribution in [0.15, 0.2) is 23.3 Å². The summed E-state index contributed by atoms with van der Waals surface area (Å²) < 4.78 is 0. The predicted molar refractivity (Wildman–Crippen MR) is 61.4 cm³/mol. The van der Waals surface area contributed by atoms with Crippen LogP contribution in [0.3, 0.4) is 0 Å². The van der Waals surface area contributed by atoms with E-state index in [1.165, 1.54) is 5.01 Å². The van der Waals surface area contributed by atoms with Crippen molar-refractivity contribution in [3.05, 3.63) is 28.8 Å². The molecule has 0 bridgehead atoms. The number of hydrogen-bond acceptors (Lipinski definition) is 2. The fourth-order valence-corrected chi connectivity index (χ4v) is 1.74. The molecular formula is C11H11ClN2O. The third-order valence-electron chi connectivity index (χ3n) is 2.38. The molecule has 3 nitrogen and oxygen atoms in total. The highest BCUT2D eigenvalue weighted by Gasteiger charge is 2.24. The molecule has 0 aliphatic carbocycles. The molecule has 1 heterocycles. The Kier molecular flexibility index (Phi) is 2.49. The van der Waals surface area contributed by atoms with E-state index in [0.717, 1.165) is 17.0 Å². The minimum Gasteiger partial charge on any atom is -0.272 e. The molecule has 1 aliphatic heterocycles. The van der Waals surface area contributed by atoms with Crippen molar-refractivity contribution in [2.45, 2.75) is 20.3 Å². The lowest BCUT2D eigenvalue weighted by atomic mass is 10.2. The molecule has 0 saturated carbocycles. The van der Waals surface area contributed by atoms with Crippen LogP contribution in [0.5, 0.6) is 0 Å². The van der Waals surface area contributed by atoms with Gasteiger partial charge in [0.05, 0.1) is 12.1 Å². The predicted octanol–water partition coefficient (Wildman–Crippen LogP) is 2.76. The van der Waals surface area contributed by atoms with Gasteiger partial charge in [0.15, 0.2) is 0 Å². The maximum atomic E-state index is 11.6. The Balaban J connectivity index is 2.46. The number of anilines is 1. The highest BCUT2D eigenvalue weighted by atomic mass is 35.5. The average molecular weight is 223 g/mol. The van der Waals surface area contributed by atoms with Gasteiger partial charge in [0, 0.05) is 10.7 Å². The standard InChI is InChI=1S/C11H11ClN2O/c1-7-6-11(15)14(13-7)10-5-3-4-9(12)8(10)2/h3-5H,6H2,1-2H3. The second kappa shape index (κ2) is 3.66. The molecule has 0 spiro atoms. The molecule has 0 atom stereocenters. The van der Waals surface area contributed by atoms with Gasteiger partial charge in [-0.25, -0.2) is 5.01 Å². The van der Waals surface area contributed by atoms with Gasteiger partial charge in [-0.05, 0) is 31.5 Å². The first-order chi connectivity index (χ1) is 7.09. The van der Waals surface area contributed by atoms with Crippen LogP contribution in [0.1, 0.15) is 18.9 Å². The van der Waals surface area contributed by atoms with E-state index in [1.54, 1.807) is 6.07 Å². The minimum absolute atomic E-state index is 0.00198. The molecular weight excluding hydrogens is 212 g/mol. The Morgan fingerprint density at radius 1 is 1.40 bits per heavy atom. The first kappa shape index (κ1) is 10.2. The first-order valence-electron chi connectivity index (χ1n) is 4.72. The van der Waals surface area contributed by atoms with E-state index in [4.69, 9.17) is 11.6 Å². The zero-order chi connectivity index (χ0) is 11.0. The van der Waals surface area contributed by atoms with Crippen molar-refractivity contribution in [1.29, 1.82) is 0 Å². The largest absolute Gasteiger partial charge is 0.272 e. The summed E-state index contributed by atoms with van der Waals surface area (Å²) in [6.07, 6.45) is 0.395. The van der Waals surface area contributed by atoms with E-state index >= 15 is 0 Å². The van der Waals surface area contributed by atoms with Crippen LogP contribution in [0, 0.1) is 6.92 Å². The van der Waals surface area contributed by atoms with Gasteiger partial charge in [-0.15, -0.1) is 0 Å². The maximum absolute atomic E-state index is 11.6. The lowest BCUT2D eigenvalue weighted by Crippen LogP contribution is -2.20. The fraction of sp³-hybridized carbons (Fsp3) is 0.273. The second-order valence-electron chi connectivity index (χ2n) is 3.60. The van der Waals surface area contributed by atoms with Gasteiger partial charge in [0.1, 0.15) is 0 Å². The fourth-order valence-electron chi connectivity index (χ4n) is 1.57. The Morgan fingerprint density at radius 2 is 2.13 bits per heavy atom. The molecule has 4 heteroatoms. The lowest BCUT2D eigenvalue weighted by Gasteiger charge is -2.15. The zero-order valence-corrected chi connectivity index (χ0v) is 9.38. The van der Waals surface area contributed by atoms with Crippen LogP contribution in [0.2, 0.25) is 5.02 Å². The number of benzene rings is 1. The number of nitrogens with zero attached hydrogens (tertiary/aromatic N) is 2. The highest BCUT2D eigenvalue weighted by Crippen LogP contribution is 2.29. The molecule has 1 aliphatic rings. The summed E-state index contributed by atoms with van der Waals surface area (Å²) in [5.41, 5.74) is 2.48. The van der Waals surface area contributed by atoms with E-state index in [2.05, 4.69) is 5.10 Å². The van der Waals surface area contributed by atoms with Crippen molar-refractivity contribution < 1.29 is 4.79 Å². The number of hydrogen-bond donors (Lipinski definition) is 0. The molecule has 1 aromatic rings. The number of rotatable bonds is 1. The number of hydrazone groups is 1. The van der Waals surface area contributed by atoms with E-state index in [0.29, 0.717) is 11.4 Å². The van der Waals surface area contributed by atoms with Gasteiger partial charge in [0.2, 0.25) is 0 Å². The molecule has 1 amide bonds. The summed E-state index contributed by atoms with van der Waals surface area (Å²) in [6.45, 7) is 3.73. The van der Waals surface area contributed by atoms with E-state index in [-0.39, 0.29) is 5.91 Å². The average Bonchev–Trinajstić information content (AvgIpc) is 2.50. The van der Waals surface area contributed by atoms with Crippen molar-refractivity contribution in [3.63, 3.8) is 0 Å². The Bertz CT molecular complexity index is 454. The van der Waals surface area contributed by atoms with Crippen molar-refractivity contribution in [1.82, 2.24) is 0 Å². The lowest BCUT2D eigenvalue weighted by molar-refractivity contribution is -0.116. The van der Waals surface area contributed by atoms with Crippen LogP contribution in [-0.2, 0) is 4.79 Å². The topological polar surface area (TPSA) is 32.7 Å². The van der Waals surface area contributed by atoms with Gasteiger partial charge in [-0.3, -0.25) is 4.79 Å². The summed E-state index contributed by atoms with van der Waals surface area (Å²) in [4.78, 5) is 11.6. The number of carbonyl (C=O) groups is 1. The molecule has 0 saturated heterocycles. The summed E-state index contributed by atoms with van der Waals surface area (Å²) in [5.74, 6) is -0.00198. The smallest absolute Gasteiger partial charge is 0.253 e. The van der Waals surface area contributed by atoms with Crippen LogP contribution >= 0.6 is 11.6 Å². The van der Waals surface area contributed by atoms with Gasteiger partial charge in [0.25, 0.3) is 5.91 Å². The van der Waals surface area contributed by atoms with Crippen LogP contribution < -0.4 is 5.01 Å². The molecule has 2 rings (SSSR count). The molecule has 0 fully saturated rings. The van der Waals surface area contributed by atoms with E-state index in [1.807, 2.05) is 26.0 Å². The summed E-state index contributed by atoms with van der Waals surface area (Å²) >= 11 is 5.99. The van der Waals surface area contributed by atoms with E-state index < -0.39 is 0 Å². The molecule has 78 valence electrons. The van der Waals surface area contributed by atoms with Crippen molar-refractivity contribution in [2.24, 2.45) is 5.10 Å². The van der Waals surface area contributed by atoms with E-state index in [9.17, 15) is 4.79 Å². The normalized spacial score (nSPS) is 15.8.